The lowest BCUT2D eigenvalue weighted by Crippen LogP contribution is -2.31. The number of hydrogen-bond donors (Lipinski definition) is 2. The van der Waals surface area contributed by atoms with E-state index < -0.39 is 5.91 Å². The Bertz CT molecular complexity index is 651. The number of furan rings is 1. The van der Waals surface area contributed by atoms with Crippen LogP contribution >= 0.6 is 11.6 Å². The zero-order valence-corrected chi connectivity index (χ0v) is 12.4. The lowest BCUT2D eigenvalue weighted by Gasteiger charge is -2.13. The first-order valence-corrected chi connectivity index (χ1v) is 6.80. The van der Waals surface area contributed by atoms with Crippen molar-refractivity contribution in [1.82, 2.24) is 5.32 Å². The van der Waals surface area contributed by atoms with Crippen LogP contribution in [0.1, 0.15) is 34.8 Å². The molecule has 2 amide bonds. The molecule has 2 rings (SSSR count). The molecule has 0 atom stereocenters. The summed E-state index contributed by atoms with van der Waals surface area (Å²) in [5.74, 6) is -0.566. The number of carbonyl (C=O) groups is 2. The molecule has 0 spiro atoms. The fourth-order valence-corrected chi connectivity index (χ4v) is 1.92. The fraction of sp³-hybridized carbons (Fsp3) is 0.200. The standard InChI is InChI=1S/C15H15ClN2O3/c1-9(2)17-14(19)11-8-10(16)5-6-12(11)18-15(20)13-4-3-7-21-13/h3-9H,1-2H3,(H,17,19)(H,18,20). The molecular formula is C15H15ClN2O3. The van der Waals surface area contributed by atoms with Crippen LogP contribution in [0.15, 0.2) is 41.0 Å². The Morgan fingerprint density at radius 2 is 1.95 bits per heavy atom. The van der Waals surface area contributed by atoms with Gasteiger partial charge in [0.05, 0.1) is 17.5 Å². The van der Waals surface area contributed by atoms with E-state index in [0.29, 0.717) is 16.3 Å². The van der Waals surface area contributed by atoms with Crippen molar-refractivity contribution in [2.75, 3.05) is 5.32 Å². The molecule has 0 aliphatic rings. The Balaban J connectivity index is 2.26. The molecule has 0 fully saturated rings. The Kier molecular flexibility index (Phi) is 4.65. The number of amides is 2. The second-order valence-electron chi connectivity index (χ2n) is 4.75. The van der Waals surface area contributed by atoms with Crippen molar-refractivity contribution >= 4 is 29.1 Å². The number of benzene rings is 1. The van der Waals surface area contributed by atoms with Crippen molar-refractivity contribution < 1.29 is 14.0 Å². The molecule has 2 aromatic rings. The van der Waals surface area contributed by atoms with Crippen LogP contribution in [-0.4, -0.2) is 17.9 Å². The number of nitrogens with one attached hydrogen (secondary N) is 2. The van der Waals surface area contributed by atoms with Crippen LogP contribution in [0.2, 0.25) is 5.02 Å². The molecule has 0 radical (unpaired) electrons. The molecule has 0 saturated heterocycles. The minimum atomic E-state index is -0.430. The second kappa shape index (κ2) is 6.45. The van der Waals surface area contributed by atoms with E-state index in [2.05, 4.69) is 10.6 Å². The summed E-state index contributed by atoms with van der Waals surface area (Å²) in [5, 5.41) is 5.82. The molecule has 21 heavy (non-hydrogen) atoms. The van der Waals surface area contributed by atoms with E-state index in [1.165, 1.54) is 12.3 Å². The Labute approximate surface area is 127 Å². The number of halogens is 1. The van der Waals surface area contributed by atoms with Gasteiger partial charge >= 0.3 is 0 Å². The van der Waals surface area contributed by atoms with Gasteiger partial charge < -0.3 is 15.1 Å². The van der Waals surface area contributed by atoms with E-state index in [4.69, 9.17) is 16.0 Å². The summed E-state index contributed by atoms with van der Waals surface area (Å²) >= 11 is 5.92. The van der Waals surface area contributed by atoms with Gasteiger partial charge in [0.2, 0.25) is 0 Å². The minimum Gasteiger partial charge on any atom is -0.459 e. The van der Waals surface area contributed by atoms with Gasteiger partial charge in [-0.2, -0.15) is 0 Å². The number of anilines is 1. The average Bonchev–Trinajstić information content (AvgIpc) is 2.94. The van der Waals surface area contributed by atoms with Crippen molar-refractivity contribution in [3.63, 3.8) is 0 Å². The van der Waals surface area contributed by atoms with Gasteiger partial charge in [0, 0.05) is 11.1 Å². The van der Waals surface area contributed by atoms with E-state index in [9.17, 15) is 9.59 Å². The summed E-state index contributed by atoms with van der Waals surface area (Å²) < 4.78 is 5.02. The average molecular weight is 307 g/mol. The first kappa shape index (κ1) is 15.1. The van der Waals surface area contributed by atoms with Gasteiger partial charge in [-0.25, -0.2) is 0 Å². The third-order valence-electron chi connectivity index (χ3n) is 2.64. The molecule has 0 unspecified atom stereocenters. The predicted molar refractivity (Wildman–Crippen MR) is 80.7 cm³/mol. The molecule has 1 aromatic heterocycles. The van der Waals surface area contributed by atoms with Crippen molar-refractivity contribution in [3.8, 4) is 0 Å². The highest BCUT2D eigenvalue weighted by molar-refractivity contribution is 6.31. The summed E-state index contributed by atoms with van der Waals surface area (Å²) in [6, 6.07) is 7.83. The molecule has 5 nitrogen and oxygen atoms in total. The van der Waals surface area contributed by atoms with Gasteiger partial charge in [-0.1, -0.05) is 11.6 Å². The van der Waals surface area contributed by atoms with Gasteiger partial charge in [0.1, 0.15) is 0 Å². The van der Waals surface area contributed by atoms with Crippen molar-refractivity contribution in [2.45, 2.75) is 19.9 Å². The first-order chi connectivity index (χ1) is 9.97. The Hall–Kier alpha value is -2.27. The zero-order chi connectivity index (χ0) is 15.4. The third kappa shape index (κ3) is 3.86. The molecular weight excluding hydrogens is 292 g/mol. The molecule has 2 N–H and O–H groups in total. The van der Waals surface area contributed by atoms with Gasteiger partial charge in [-0.05, 0) is 44.2 Å². The van der Waals surface area contributed by atoms with E-state index in [0.717, 1.165) is 0 Å². The lowest BCUT2D eigenvalue weighted by atomic mass is 10.1. The van der Waals surface area contributed by atoms with E-state index >= 15 is 0 Å². The highest BCUT2D eigenvalue weighted by Gasteiger charge is 2.16. The van der Waals surface area contributed by atoms with Crippen molar-refractivity contribution in [1.29, 1.82) is 0 Å². The van der Waals surface area contributed by atoms with E-state index in [1.807, 2.05) is 13.8 Å². The summed E-state index contributed by atoms with van der Waals surface area (Å²) in [6.07, 6.45) is 1.41. The second-order valence-corrected chi connectivity index (χ2v) is 5.19. The van der Waals surface area contributed by atoms with Crippen LogP contribution in [0.3, 0.4) is 0 Å². The number of hydrogen-bond acceptors (Lipinski definition) is 3. The Morgan fingerprint density at radius 1 is 1.19 bits per heavy atom. The summed E-state index contributed by atoms with van der Waals surface area (Å²) in [5.41, 5.74) is 0.676. The molecule has 6 heteroatoms. The van der Waals surface area contributed by atoms with E-state index in [1.54, 1.807) is 24.3 Å². The first-order valence-electron chi connectivity index (χ1n) is 6.42. The van der Waals surface area contributed by atoms with Crippen molar-refractivity contribution in [3.05, 3.63) is 52.9 Å². The van der Waals surface area contributed by atoms with Gasteiger partial charge in [-0.15, -0.1) is 0 Å². The summed E-state index contributed by atoms with van der Waals surface area (Å²) in [6.45, 7) is 3.70. The lowest BCUT2D eigenvalue weighted by molar-refractivity contribution is 0.0944. The maximum atomic E-state index is 12.2. The quantitative estimate of drug-likeness (QED) is 0.910. The molecule has 1 heterocycles. The van der Waals surface area contributed by atoms with Crippen LogP contribution in [-0.2, 0) is 0 Å². The maximum absolute atomic E-state index is 12.2. The van der Waals surface area contributed by atoms with Crippen LogP contribution in [0.5, 0.6) is 0 Å². The predicted octanol–water partition coefficient (Wildman–Crippen LogP) is 3.32. The van der Waals surface area contributed by atoms with Crippen LogP contribution < -0.4 is 10.6 Å². The van der Waals surface area contributed by atoms with E-state index in [-0.39, 0.29) is 17.7 Å². The van der Waals surface area contributed by atoms with Gasteiger partial charge in [-0.3, -0.25) is 9.59 Å². The van der Waals surface area contributed by atoms with Crippen LogP contribution in [0.4, 0.5) is 5.69 Å². The monoisotopic (exact) mass is 306 g/mol. The summed E-state index contributed by atoms with van der Waals surface area (Å²) in [7, 11) is 0. The molecule has 0 saturated carbocycles. The van der Waals surface area contributed by atoms with Crippen LogP contribution in [0, 0.1) is 0 Å². The maximum Gasteiger partial charge on any atom is 0.291 e. The number of rotatable bonds is 4. The minimum absolute atomic E-state index is 0.0230. The smallest absolute Gasteiger partial charge is 0.291 e. The largest absolute Gasteiger partial charge is 0.459 e. The van der Waals surface area contributed by atoms with Crippen LogP contribution in [0.25, 0.3) is 0 Å². The SMILES string of the molecule is CC(C)NC(=O)c1cc(Cl)ccc1NC(=O)c1ccco1. The highest BCUT2D eigenvalue weighted by Crippen LogP contribution is 2.21. The highest BCUT2D eigenvalue weighted by atomic mass is 35.5. The summed E-state index contributed by atoms with van der Waals surface area (Å²) in [4.78, 5) is 24.1. The fourth-order valence-electron chi connectivity index (χ4n) is 1.74. The molecule has 1 aromatic carbocycles. The number of carbonyl (C=O) groups excluding carboxylic acids is 2. The van der Waals surface area contributed by atoms with Gasteiger partial charge in [0.25, 0.3) is 11.8 Å². The molecule has 110 valence electrons. The topological polar surface area (TPSA) is 71.3 Å². The molecule has 0 bridgehead atoms. The van der Waals surface area contributed by atoms with Crippen molar-refractivity contribution in [2.24, 2.45) is 0 Å². The normalized spacial score (nSPS) is 10.5. The molecule has 0 aliphatic carbocycles. The van der Waals surface area contributed by atoms with Gasteiger partial charge in [0.15, 0.2) is 5.76 Å². The zero-order valence-electron chi connectivity index (χ0n) is 11.6. The Morgan fingerprint density at radius 3 is 2.57 bits per heavy atom. The molecule has 0 aliphatic heterocycles. The third-order valence-corrected chi connectivity index (χ3v) is 2.87.